The Hall–Kier alpha value is -2.34. The van der Waals surface area contributed by atoms with E-state index in [1.807, 2.05) is 43.9 Å². The Kier molecular flexibility index (Phi) is 5.62. The van der Waals surface area contributed by atoms with Gasteiger partial charge in [0.25, 0.3) is 0 Å². The van der Waals surface area contributed by atoms with Gasteiger partial charge in [-0.25, -0.2) is 4.79 Å². The minimum absolute atomic E-state index is 0.186. The van der Waals surface area contributed by atoms with E-state index in [-0.39, 0.29) is 12.6 Å². The molecule has 1 heterocycles. The van der Waals surface area contributed by atoms with E-state index in [9.17, 15) is 4.79 Å². The predicted octanol–water partition coefficient (Wildman–Crippen LogP) is 2.69. The molecule has 0 saturated heterocycles. The molecule has 1 atom stereocenters. The van der Waals surface area contributed by atoms with Crippen LogP contribution in [0.2, 0.25) is 0 Å². The van der Waals surface area contributed by atoms with Gasteiger partial charge < -0.3 is 9.84 Å². The summed E-state index contributed by atoms with van der Waals surface area (Å²) in [6, 6.07) is 7.73. The molecule has 2 rings (SSSR count). The maximum absolute atomic E-state index is 10.7. The molecule has 1 aromatic carbocycles. The molecule has 24 heavy (non-hydrogen) atoms. The number of aromatic nitrogens is 2. The summed E-state index contributed by atoms with van der Waals surface area (Å²) in [5.41, 5.74) is 4.38. The number of aryl methyl sites for hydroxylation is 2. The minimum atomic E-state index is -0.979. The number of nitrogens with zero attached hydrogens (tertiary/aromatic N) is 3. The Labute approximate surface area is 142 Å². The lowest BCUT2D eigenvalue weighted by molar-refractivity contribution is -0.139. The summed E-state index contributed by atoms with van der Waals surface area (Å²) < 4.78 is 7.30. The van der Waals surface area contributed by atoms with Crippen LogP contribution in [-0.4, -0.2) is 39.4 Å². The number of aliphatic carboxylic acids is 1. The predicted molar refractivity (Wildman–Crippen MR) is 92.1 cm³/mol. The summed E-state index contributed by atoms with van der Waals surface area (Å²) in [4.78, 5) is 12.9. The fraction of sp³-hybridized carbons (Fsp3) is 0.444. The van der Waals surface area contributed by atoms with E-state index >= 15 is 0 Å². The number of hydrogen-bond donors (Lipinski definition) is 1. The van der Waals surface area contributed by atoms with Crippen molar-refractivity contribution in [2.24, 2.45) is 7.05 Å². The van der Waals surface area contributed by atoms with Crippen LogP contribution in [-0.2, 0) is 18.4 Å². The summed E-state index contributed by atoms with van der Waals surface area (Å²) in [5, 5.41) is 13.3. The average molecular weight is 331 g/mol. The Bertz CT molecular complexity index is 724. The Morgan fingerprint density at radius 3 is 2.62 bits per heavy atom. The number of para-hydroxylation sites is 1. The van der Waals surface area contributed by atoms with Crippen molar-refractivity contribution in [1.82, 2.24) is 14.7 Å². The van der Waals surface area contributed by atoms with E-state index in [0.29, 0.717) is 12.3 Å². The van der Waals surface area contributed by atoms with E-state index in [1.54, 1.807) is 6.07 Å². The fourth-order valence-electron chi connectivity index (χ4n) is 2.94. The maximum Gasteiger partial charge on any atom is 0.341 e. The quantitative estimate of drug-likeness (QED) is 0.845. The zero-order valence-electron chi connectivity index (χ0n) is 14.9. The van der Waals surface area contributed by atoms with Crippen LogP contribution in [0.15, 0.2) is 24.3 Å². The number of benzene rings is 1. The monoisotopic (exact) mass is 331 g/mol. The molecule has 0 amide bonds. The molecular formula is C18H25N3O3. The molecule has 0 aliphatic heterocycles. The zero-order valence-corrected chi connectivity index (χ0v) is 14.9. The lowest BCUT2D eigenvalue weighted by Gasteiger charge is -2.26. The van der Waals surface area contributed by atoms with Crippen molar-refractivity contribution in [2.75, 3.05) is 13.7 Å². The van der Waals surface area contributed by atoms with Crippen LogP contribution in [0.25, 0.3) is 0 Å². The van der Waals surface area contributed by atoms with Crippen molar-refractivity contribution in [3.05, 3.63) is 46.8 Å². The third-order valence-corrected chi connectivity index (χ3v) is 4.39. The molecule has 6 nitrogen and oxygen atoms in total. The fourth-order valence-corrected chi connectivity index (χ4v) is 2.94. The van der Waals surface area contributed by atoms with Gasteiger partial charge in [-0.2, -0.15) is 5.10 Å². The van der Waals surface area contributed by atoms with E-state index in [0.717, 1.165) is 17.0 Å². The second kappa shape index (κ2) is 7.49. The molecule has 0 unspecified atom stereocenters. The molecule has 0 aliphatic rings. The molecule has 0 spiro atoms. The van der Waals surface area contributed by atoms with Gasteiger partial charge >= 0.3 is 5.97 Å². The van der Waals surface area contributed by atoms with E-state index in [4.69, 9.17) is 9.84 Å². The largest absolute Gasteiger partial charge is 0.482 e. The smallest absolute Gasteiger partial charge is 0.341 e. The van der Waals surface area contributed by atoms with Gasteiger partial charge in [0.1, 0.15) is 5.75 Å². The number of hydrogen-bond acceptors (Lipinski definition) is 4. The summed E-state index contributed by atoms with van der Waals surface area (Å²) in [6.07, 6.45) is 0. The number of carboxylic acids is 1. The Morgan fingerprint density at radius 2 is 2.04 bits per heavy atom. The third-order valence-electron chi connectivity index (χ3n) is 4.39. The molecule has 0 fully saturated rings. The molecular weight excluding hydrogens is 306 g/mol. The second-order valence-electron chi connectivity index (χ2n) is 6.09. The van der Waals surface area contributed by atoms with Crippen LogP contribution < -0.4 is 4.74 Å². The molecule has 2 aromatic rings. The van der Waals surface area contributed by atoms with Crippen molar-refractivity contribution >= 4 is 5.97 Å². The van der Waals surface area contributed by atoms with Crippen molar-refractivity contribution in [2.45, 2.75) is 33.4 Å². The van der Waals surface area contributed by atoms with Gasteiger partial charge in [0.2, 0.25) is 0 Å². The minimum Gasteiger partial charge on any atom is -0.482 e. The topological polar surface area (TPSA) is 67.6 Å². The molecule has 0 bridgehead atoms. The van der Waals surface area contributed by atoms with Gasteiger partial charge in [-0.15, -0.1) is 0 Å². The molecule has 0 aliphatic carbocycles. The summed E-state index contributed by atoms with van der Waals surface area (Å²) >= 11 is 0. The van der Waals surface area contributed by atoms with Gasteiger partial charge in [-0.3, -0.25) is 9.58 Å². The third kappa shape index (κ3) is 3.94. The average Bonchev–Trinajstić information content (AvgIpc) is 2.78. The standard InChI is InChI=1S/C18H25N3O3/c1-12-18(14(3)21(5)19-12)13(2)20(4)10-15-8-6-7-9-16(15)24-11-17(22)23/h6-9,13H,10-11H2,1-5H3,(H,22,23)/t13-/m1/s1. The highest BCUT2D eigenvalue weighted by Crippen LogP contribution is 2.28. The van der Waals surface area contributed by atoms with Crippen molar-refractivity contribution < 1.29 is 14.6 Å². The molecule has 1 N–H and O–H groups in total. The summed E-state index contributed by atoms with van der Waals surface area (Å²) in [5.74, 6) is -0.369. The highest BCUT2D eigenvalue weighted by atomic mass is 16.5. The normalized spacial score (nSPS) is 12.4. The van der Waals surface area contributed by atoms with E-state index < -0.39 is 5.97 Å². The van der Waals surface area contributed by atoms with Crippen molar-refractivity contribution in [1.29, 1.82) is 0 Å². The van der Waals surface area contributed by atoms with E-state index in [2.05, 4.69) is 23.8 Å². The van der Waals surface area contributed by atoms with Gasteiger partial charge in [0.05, 0.1) is 5.69 Å². The van der Waals surface area contributed by atoms with Crippen LogP contribution in [0.4, 0.5) is 0 Å². The molecule has 6 heteroatoms. The van der Waals surface area contributed by atoms with Crippen LogP contribution in [0.1, 0.15) is 35.5 Å². The number of rotatable bonds is 7. The van der Waals surface area contributed by atoms with Gasteiger partial charge in [0.15, 0.2) is 6.61 Å². The summed E-state index contributed by atoms with van der Waals surface area (Å²) in [7, 11) is 4.00. The van der Waals surface area contributed by atoms with Crippen molar-refractivity contribution in [3.8, 4) is 5.75 Å². The van der Waals surface area contributed by atoms with Crippen molar-refractivity contribution in [3.63, 3.8) is 0 Å². The molecule has 1 aromatic heterocycles. The summed E-state index contributed by atoms with van der Waals surface area (Å²) in [6.45, 7) is 6.57. The van der Waals surface area contributed by atoms with Crippen LogP contribution in [0.3, 0.4) is 0 Å². The van der Waals surface area contributed by atoms with E-state index in [1.165, 1.54) is 5.56 Å². The Morgan fingerprint density at radius 1 is 1.38 bits per heavy atom. The molecule has 0 radical (unpaired) electrons. The Balaban J connectivity index is 2.17. The van der Waals surface area contributed by atoms with Crippen LogP contribution in [0, 0.1) is 13.8 Å². The van der Waals surface area contributed by atoms with Gasteiger partial charge in [-0.1, -0.05) is 18.2 Å². The first-order valence-corrected chi connectivity index (χ1v) is 7.94. The lowest BCUT2D eigenvalue weighted by Crippen LogP contribution is -2.23. The first kappa shape index (κ1) is 18.0. The SMILES string of the molecule is Cc1nn(C)c(C)c1[C@@H](C)N(C)Cc1ccccc1OCC(=O)O. The maximum atomic E-state index is 10.7. The zero-order chi connectivity index (χ0) is 17.9. The first-order valence-electron chi connectivity index (χ1n) is 7.94. The lowest BCUT2D eigenvalue weighted by atomic mass is 10.0. The highest BCUT2D eigenvalue weighted by molar-refractivity contribution is 5.68. The van der Waals surface area contributed by atoms with Crippen LogP contribution in [0.5, 0.6) is 5.75 Å². The number of carboxylic acid groups (broad SMARTS) is 1. The number of ether oxygens (including phenoxy) is 1. The second-order valence-corrected chi connectivity index (χ2v) is 6.09. The van der Waals surface area contributed by atoms with Gasteiger partial charge in [-0.05, 0) is 33.9 Å². The highest BCUT2D eigenvalue weighted by Gasteiger charge is 2.21. The molecule has 0 saturated carbocycles. The van der Waals surface area contributed by atoms with Crippen LogP contribution >= 0.6 is 0 Å². The first-order chi connectivity index (χ1) is 11.3. The number of carbonyl (C=O) groups is 1. The van der Waals surface area contributed by atoms with Gasteiger partial charge in [0, 0.05) is 36.5 Å². The molecule has 130 valence electrons.